The van der Waals surface area contributed by atoms with Crippen LogP contribution in [0.2, 0.25) is 0 Å². The molecule has 4 N–H and O–H groups in total. The van der Waals surface area contributed by atoms with E-state index in [2.05, 4.69) is 9.98 Å². The second-order valence-electron chi connectivity index (χ2n) is 3.83. The number of aldehydes is 1. The van der Waals surface area contributed by atoms with Gasteiger partial charge in [-0.25, -0.2) is 4.98 Å². The van der Waals surface area contributed by atoms with Gasteiger partial charge in [0.15, 0.2) is 5.96 Å². The number of nitrogens with zero attached hydrogens (tertiary/aromatic N) is 2. The van der Waals surface area contributed by atoms with E-state index in [0.717, 1.165) is 31.2 Å². The van der Waals surface area contributed by atoms with Gasteiger partial charge in [0.2, 0.25) is 5.13 Å². The molecule has 1 heterocycles. The maximum absolute atomic E-state index is 10.6. The highest BCUT2D eigenvalue weighted by atomic mass is 32.1. The standard InChI is InChI=1S/C10H14N4OS/c11-9(12)14-10-13-8-6(4-5-15)2-1-3-7(8)16-10/h5-6H,1-4H2,(H4,11,12,13,14)/t6-/m0/s1. The predicted octanol–water partition coefficient (Wildman–Crippen LogP) is 1.06. The van der Waals surface area contributed by atoms with Gasteiger partial charge in [-0.05, 0) is 19.3 Å². The van der Waals surface area contributed by atoms with Crippen molar-refractivity contribution in [3.05, 3.63) is 10.6 Å². The van der Waals surface area contributed by atoms with Crippen LogP contribution in [0, 0.1) is 0 Å². The molecule has 0 saturated carbocycles. The lowest BCUT2D eigenvalue weighted by molar-refractivity contribution is -0.108. The number of aromatic nitrogens is 1. The number of guanidine groups is 1. The molecule has 0 saturated heterocycles. The van der Waals surface area contributed by atoms with Crippen molar-refractivity contribution in [1.29, 1.82) is 0 Å². The fourth-order valence-corrected chi connectivity index (χ4v) is 3.08. The molecule has 0 aromatic carbocycles. The van der Waals surface area contributed by atoms with Crippen molar-refractivity contribution in [3.8, 4) is 0 Å². The Bertz CT molecular complexity index is 422. The van der Waals surface area contributed by atoms with Gasteiger partial charge in [0.25, 0.3) is 0 Å². The zero-order chi connectivity index (χ0) is 11.5. The van der Waals surface area contributed by atoms with E-state index in [1.807, 2.05) is 0 Å². The number of thiazole rings is 1. The summed E-state index contributed by atoms with van der Waals surface area (Å²) in [5.41, 5.74) is 11.6. The van der Waals surface area contributed by atoms with Crippen molar-refractivity contribution in [2.24, 2.45) is 16.5 Å². The molecule has 1 aromatic heterocycles. The maximum Gasteiger partial charge on any atom is 0.212 e. The van der Waals surface area contributed by atoms with E-state index >= 15 is 0 Å². The van der Waals surface area contributed by atoms with E-state index in [1.54, 1.807) is 0 Å². The first-order valence-electron chi connectivity index (χ1n) is 5.23. The van der Waals surface area contributed by atoms with Gasteiger partial charge in [0.1, 0.15) is 6.29 Å². The Morgan fingerprint density at radius 3 is 3.12 bits per heavy atom. The molecular weight excluding hydrogens is 224 g/mol. The number of carbonyl (C=O) groups is 1. The van der Waals surface area contributed by atoms with Crippen LogP contribution in [0.25, 0.3) is 0 Å². The number of hydrogen-bond acceptors (Lipinski definition) is 4. The Morgan fingerprint density at radius 2 is 2.44 bits per heavy atom. The van der Waals surface area contributed by atoms with E-state index in [9.17, 15) is 4.79 Å². The predicted molar refractivity (Wildman–Crippen MR) is 63.9 cm³/mol. The molecule has 16 heavy (non-hydrogen) atoms. The summed E-state index contributed by atoms with van der Waals surface area (Å²) in [5, 5.41) is 0.600. The Morgan fingerprint density at radius 1 is 1.62 bits per heavy atom. The summed E-state index contributed by atoms with van der Waals surface area (Å²) in [7, 11) is 0. The molecule has 0 amide bonds. The quantitative estimate of drug-likeness (QED) is 0.467. The van der Waals surface area contributed by atoms with Crippen LogP contribution in [-0.4, -0.2) is 17.2 Å². The Labute approximate surface area is 97.6 Å². The van der Waals surface area contributed by atoms with Crippen LogP contribution in [0.1, 0.15) is 35.8 Å². The van der Waals surface area contributed by atoms with Crippen LogP contribution in [0.3, 0.4) is 0 Å². The third-order valence-corrected chi connectivity index (χ3v) is 3.69. The van der Waals surface area contributed by atoms with Crippen molar-refractivity contribution < 1.29 is 4.79 Å². The van der Waals surface area contributed by atoms with E-state index in [1.165, 1.54) is 16.2 Å². The van der Waals surface area contributed by atoms with Gasteiger partial charge in [0.05, 0.1) is 5.69 Å². The first kappa shape index (κ1) is 11.1. The molecule has 1 aliphatic rings. The van der Waals surface area contributed by atoms with E-state index in [0.29, 0.717) is 11.6 Å². The lowest BCUT2D eigenvalue weighted by Crippen LogP contribution is -2.21. The van der Waals surface area contributed by atoms with Gasteiger partial charge in [-0.1, -0.05) is 11.3 Å². The van der Waals surface area contributed by atoms with Crippen LogP contribution in [-0.2, 0) is 11.2 Å². The number of aryl methyl sites for hydroxylation is 1. The molecule has 0 bridgehead atoms. The highest BCUT2D eigenvalue weighted by molar-refractivity contribution is 7.15. The van der Waals surface area contributed by atoms with Gasteiger partial charge in [-0.2, -0.15) is 4.99 Å². The SMILES string of the molecule is NC(N)=Nc1nc2c(s1)CCC[C@H]2CC=O. The summed E-state index contributed by atoms with van der Waals surface area (Å²) >= 11 is 1.52. The van der Waals surface area contributed by atoms with Gasteiger partial charge in [0, 0.05) is 17.2 Å². The van der Waals surface area contributed by atoms with Crippen LogP contribution in [0.5, 0.6) is 0 Å². The second kappa shape index (κ2) is 4.61. The molecule has 0 radical (unpaired) electrons. The summed E-state index contributed by atoms with van der Waals surface area (Å²) in [5.74, 6) is 0.276. The van der Waals surface area contributed by atoms with Gasteiger partial charge < -0.3 is 16.3 Å². The van der Waals surface area contributed by atoms with E-state index < -0.39 is 0 Å². The zero-order valence-corrected chi connectivity index (χ0v) is 9.67. The molecule has 2 rings (SSSR count). The number of nitrogens with two attached hydrogens (primary N) is 2. The average molecular weight is 238 g/mol. The third-order valence-electron chi connectivity index (χ3n) is 2.66. The number of rotatable bonds is 3. The monoisotopic (exact) mass is 238 g/mol. The molecule has 0 aliphatic heterocycles. The number of hydrogen-bond donors (Lipinski definition) is 2. The number of carbonyl (C=O) groups excluding carboxylic acids is 1. The minimum atomic E-state index is 0.0260. The summed E-state index contributed by atoms with van der Waals surface area (Å²) in [6, 6.07) is 0. The summed E-state index contributed by atoms with van der Waals surface area (Å²) < 4.78 is 0. The topological polar surface area (TPSA) is 94.4 Å². The largest absolute Gasteiger partial charge is 0.370 e. The van der Waals surface area contributed by atoms with E-state index in [-0.39, 0.29) is 11.9 Å². The number of aliphatic imine (C=N–C) groups is 1. The fourth-order valence-electron chi connectivity index (χ4n) is 2.00. The lowest BCUT2D eigenvalue weighted by Gasteiger charge is -2.18. The van der Waals surface area contributed by atoms with Gasteiger partial charge >= 0.3 is 0 Å². The lowest BCUT2D eigenvalue weighted by atomic mass is 9.89. The van der Waals surface area contributed by atoms with Crippen LogP contribution >= 0.6 is 11.3 Å². The molecule has 0 fully saturated rings. The molecular formula is C10H14N4OS. The molecule has 1 atom stereocenters. The Kier molecular flexibility index (Phi) is 3.19. The molecule has 1 aromatic rings. The molecule has 0 unspecified atom stereocenters. The number of fused-ring (bicyclic) bond motifs is 1. The van der Waals surface area contributed by atoms with Crippen molar-refractivity contribution >= 4 is 28.7 Å². The van der Waals surface area contributed by atoms with Gasteiger partial charge in [-0.3, -0.25) is 0 Å². The third kappa shape index (κ3) is 2.21. The molecule has 6 heteroatoms. The van der Waals surface area contributed by atoms with Crippen molar-refractivity contribution in [1.82, 2.24) is 4.98 Å². The van der Waals surface area contributed by atoms with E-state index in [4.69, 9.17) is 11.5 Å². The van der Waals surface area contributed by atoms with Crippen molar-refractivity contribution in [2.45, 2.75) is 31.6 Å². The molecule has 86 valence electrons. The summed E-state index contributed by atoms with van der Waals surface area (Å²) in [4.78, 5) is 20.1. The van der Waals surface area contributed by atoms with Crippen LogP contribution in [0.4, 0.5) is 5.13 Å². The zero-order valence-electron chi connectivity index (χ0n) is 8.85. The minimum absolute atomic E-state index is 0.0260. The first-order chi connectivity index (χ1) is 7.70. The highest BCUT2D eigenvalue weighted by Crippen LogP contribution is 2.38. The highest BCUT2D eigenvalue weighted by Gasteiger charge is 2.24. The van der Waals surface area contributed by atoms with Crippen LogP contribution in [0.15, 0.2) is 4.99 Å². The summed E-state index contributed by atoms with van der Waals surface area (Å²) in [6.45, 7) is 0. The Balaban J connectivity index is 2.30. The average Bonchev–Trinajstić information content (AvgIpc) is 2.60. The Hall–Kier alpha value is -1.43. The molecule has 0 spiro atoms. The minimum Gasteiger partial charge on any atom is -0.370 e. The second-order valence-corrected chi connectivity index (χ2v) is 4.90. The smallest absolute Gasteiger partial charge is 0.212 e. The molecule has 5 nitrogen and oxygen atoms in total. The van der Waals surface area contributed by atoms with Crippen molar-refractivity contribution in [3.63, 3.8) is 0 Å². The first-order valence-corrected chi connectivity index (χ1v) is 6.05. The molecule has 1 aliphatic carbocycles. The van der Waals surface area contributed by atoms with Gasteiger partial charge in [-0.15, -0.1) is 0 Å². The van der Waals surface area contributed by atoms with Crippen LogP contribution < -0.4 is 11.5 Å². The summed E-state index contributed by atoms with van der Waals surface area (Å²) in [6.07, 6.45) is 4.64. The fraction of sp³-hybridized carbons (Fsp3) is 0.500. The normalized spacial score (nSPS) is 18.9. The van der Waals surface area contributed by atoms with Crippen molar-refractivity contribution in [2.75, 3.05) is 0 Å². The maximum atomic E-state index is 10.6.